The van der Waals surface area contributed by atoms with Gasteiger partial charge in [-0.3, -0.25) is 0 Å². The molecule has 0 saturated carbocycles. The van der Waals surface area contributed by atoms with Crippen molar-refractivity contribution in [2.45, 2.75) is 24.7 Å². The molecule has 0 heterocycles. The van der Waals surface area contributed by atoms with Crippen molar-refractivity contribution in [3.63, 3.8) is 0 Å². The van der Waals surface area contributed by atoms with Crippen LogP contribution in [0.5, 0.6) is 0 Å². The zero-order valence-corrected chi connectivity index (χ0v) is 13.1. The van der Waals surface area contributed by atoms with Gasteiger partial charge >= 0.3 is 0 Å². The summed E-state index contributed by atoms with van der Waals surface area (Å²) in [6, 6.07) is 6.43. The summed E-state index contributed by atoms with van der Waals surface area (Å²) in [5.41, 5.74) is 5.90. The summed E-state index contributed by atoms with van der Waals surface area (Å²) < 4.78 is 32.2. The van der Waals surface area contributed by atoms with Gasteiger partial charge in [0.1, 0.15) is 4.99 Å². The molecule has 0 fully saturated rings. The van der Waals surface area contributed by atoms with Crippen molar-refractivity contribution in [3.05, 3.63) is 29.8 Å². The molecule has 0 aromatic heterocycles. The van der Waals surface area contributed by atoms with Crippen molar-refractivity contribution in [3.8, 4) is 0 Å². The van der Waals surface area contributed by atoms with E-state index in [4.69, 9.17) is 22.7 Å². The Kier molecular flexibility index (Phi) is 7.08. The molecule has 1 aromatic carbocycles. The quantitative estimate of drug-likeness (QED) is 0.532. The highest BCUT2D eigenvalue weighted by Gasteiger charge is 2.18. The summed E-state index contributed by atoms with van der Waals surface area (Å²) in [5.74, 6) is 0. The van der Waals surface area contributed by atoms with E-state index in [2.05, 4.69) is 4.72 Å². The number of nitrogens with two attached hydrogens (primary N) is 1. The summed E-state index contributed by atoms with van der Waals surface area (Å²) in [4.78, 5) is 0.180. The van der Waals surface area contributed by atoms with Crippen LogP contribution < -0.4 is 10.5 Å². The summed E-state index contributed by atoms with van der Waals surface area (Å²) in [7, 11) is -3.60. The highest BCUT2D eigenvalue weighted by atomic mass is 32.2. The minimum atomic E-state index is -3.60. The van der Waals surface area contributed by atoms with E-state index in [0.29, 0.717) is 31.7 Å². The first kappa shape index (κ1) is 17.0. The van der Waals surface area contributed by atoms with E-state index in [1.54, 1.807) is 18.2 Å². The Bertz CT molecular complexity index is 544. The van der Waals surface area contributed by atoms with Crippen LogP contribution in [-0.4, -0.2) is 33.2 Å². The second kappa shape index (κ2) is 8.31. The smallest absolute Gasteiger partial charge is 0.241 e. The number of benzene rings is 1. The molecule has 0 aliphatic carbocycles. The van der Waals surface area contributed by atoms with Gasteiger partial charge in [-0.25, -0.2) is 13.1 Å². The molecule has 0 radical (unpaired) electrons. The van der Waals surface area contributed by atoms with Crippen LogP contribution in [0.2, 0.25) is 0 Å². The number of sulfonamides is 1. The number of hydrogen-bond donors (Lipinski definition) is 2. The van der Waals surface area contributed by atoms with Crippen molar-refractivity contribution in [2.24, 2.45) is 5.73 Å². The van der Waals surface area contributed by atoms with Crippen LogP contribution in [0.4, 0.5) is 0 Å². The van der Waals surface area contributed by atoms with Crippen LogP contribution in [0, 0.1) is 0 Å². The van der Waals surface area contributed by atoms with Crippen LogP contribution in [-0.2, 0) is 14.8 Å². The molecule has 20 heavy (non-hydrogen) atoms. The third-order valence-corrected chi connectivity index (χ3v) is 4.29. The number of nitrogens with one attached hydrogen (secondary N) is 1. The second-order valence-electron chi connectivity index (χ2n) is 4.22. The molecule has 0 unspecified atom stereocenters. The SMILES string of the molecule is CCCOCCCNS(=O)(=O)c1ccccc1C(N)=S. The van der Waals surface area contributed by atoms with E-state index >= 15 is 0 Å². The van der Waals surface area contributed by atoms with Gasteiger partial charge in [0.05, 0.1) is 4.90 Å². The Morgan fingerprint density at radius 1 is 1.35 bits per heavy atom. The molecule has 0 amide bonds. The van der Waals surface area contributed by atoms with Gasteiger partial charge in [-0.2, -0.15) is 0 Å². The molecule has 7 heteroatoms. The third-order valence-electron chi connectivity index (χ3n) is 2.55. The molecule has 1 rings (SSSR count). The predicted octanol–water partition coefficient (Wildman–Crippen LogP) is 1.42. The van der Waals surface area contributed by atoms with Gasteiger partial charge in [-0.1, -0.05) is 37.3 Å². The molecule has 112 valence electrons. The van der Waals surface area contributed by atoms with Gasteiger partial charge in [0.25, 0.3) is 0 Å². The highest BCUT2D eigenvalue weighted by molar-refractivity contribution is 7.89. The maximum absolute atomic E-state index is 12.2. The van der Waals surface area contributed by atoms with Gasteiger partial charge in [0.15, 0.2) is 0 Å². The number of thiocarbonyl (C=S) groups is 1. The fourth-order valence-electron chi connectivity index (χ4n) is 1.61. The monoisotopic (exact) mass is 316 g/mol. The number of hydrogen-bond acceptors (Lipinski definition) is 4. The van der Waals surface area contributed by atoms with E-state index < -0.39 is 10.0 Å². The van der Waals surface area contributed by atoms with Gasteiger partial charge in [0.2, 0.25) is 10.0 Å². The fourth-order valence-corrected chi connectivity index (χ4v) is 3.15. The minimum Gasteiger partial charge on any atom is -0.389 e. The second-order valence-corrected chi connectivity index (χ2v) is 6.40. The molecule has 0 aliphatic heterocycles. The Hall–Kier alpha value is -1.02. The van der Waals surface area contributed by atoms with Crippen molar-refractivity contribution < 1.29 is 13.2 Å². The Morgan fingerprint density at radius 3 is 2.70 bits per heavy atom. The van der Waals surface area contributed by atoms with E-state index in [0.717, 1.165) is 6.42 Å². The summed E-state index contributed by atoms with van der Waals surface area (Å²) in [6.45, 7) is 3.57. The van der Waals surface area contributed by atoms with Crippen molar-refractivity contribution in [1.29, 1.82) is 0 Å². The topological polar surface area (TPSA) is 81.4 Å². The van der Waals surface area contributed by atoms with E-state index in [1.165, 1.54) is 6.07 Å². The van der Waals surface area contributed by atoms with Crippen molar-refractivity contribution >= 4 is 27.2 Å². The van der Waals surface area contributed by atoms with Gasteiger partial charge in [0, 0.05) is 25.3 Å². The molecular formula is C13H20N2O3S2. The van der Waals surface area contributed by atoms with Crippen molar-refractivity contribution in [2.75, 3.05) is 19.8 Å². The van der Waals surface area contributed by atoms with E-state index in [1.807, 2.05) is 6.92 Å². The maximum atomic E-state index is 12.2. The first-order chi connectivity index (χ1) is 9.49. The number of ether oxygens (including phenoxy) is 1. The van der Waals surface area contributed by atoms with Gasteiger partial charge < -0.3 is 10.5 Å². The van der Waals surface area contributed by atoms with Gasteiger partial charge in [-0.05, 0) is 18.9 Å². The van der Waals surface area contributed by atoms with Crippen LogP contribution in [0.25, 0.3) is 0 Å². The average Bonchev–Trinajstić information content (AvgIpc) is 2.42. The van der Waals surface area contributed by atoms with E-state index in [-0.39, 0.29) is 9.88 Å². The maximum Gasteiger partial charge on any atom is 0.241 e. The third kappa shape index (κ3) is 5.16. The standard InChI is InChI=1S/C13H20N2O3S2/c1-2-9-18-10-5-8-15-20(16,17)12-7-4-3-6-11(12)13(14)19/h3-4,6-7,15H,2,5,8-10H2,1H3,(H2,14,19). The van der Waals surface area contributed by atoms with Crippen LogP contribution in [0.15, 0.2) is 29.2 Å². The molecule has 0 spiro atoms. The minimum absolute atomic E-state index is 0.0669. The molecule has 0 saturated heterocycles. The van der Waals surface area contributed by atoms with Crippen LogP contribution in [0.3, 0.4) is 0 Å². The Balaban J connectivity index is 2.63. The summed E-state index contributed by atoms with van der Waals surface area (Å²) >= 11 is 4.87. The van der Waals surface area contributed by atoms with Crippen LogP contribution in [0.1, 0.15) is 25.3 Å². The molecule has 1 aromatic rings. The molecule has 3 N–H and O–H groups in total. The first-order valence-corrected chi connectivity index (χ1v) is 8.34. The largest absolute Gasteiger partial charge is 0.389 e. The Labute approximate surface area is 125 Å². The lowest BCUT2D eigenvalue weighted by Gasteiger charge is -2.10. The van der Waals surface area contributed by atoms with Crippen molar-refractivity contribution in [1.82, 2.24) is 4.72 Å². The number of rotatable bonds is 9. The molecule has 0 aliphatic rings. The lowest BCUT2D eigenvalue weighted by atomic mass is 10.2. The molecular weight excluding hydrogens is 296 g/mol. The molecule has 0 bridgehead atoms. The summed E-state index contributed by atoms with van der Waals surface area (Å²) in [6.07, 6.45) is 1.57. The first-order valence-electron chi connectivity index (χ1n) is 6.45. The fraction of sp³-hybridized carbons (Fsp3) is 0.462. The normalized spacial score (nSPS) is 11.4. The average molecular weight is 316 g/mol. The predicted molar refractivity (Wildman–Crippen MR) is 83.2 cm³/mol. The lowest BCUT2D eigenvalue weighted by Crippen LogP contribution is -2.28. The molecule has 5 nitrogen and oxygen atoms in total. The summed E-state index contributed by atoms with van der Waals surface area (Å²) in [5, 5.41) is 0. The lowest BCUT2D eigenvalue weighted by molar-refractivity contribution is 0.133. The van der Waals surface area contributed by atoms with Gasteiger partial charge in [-0.15, -0.1) is 0 Å². The zero-order chi connectivity index (χ0) is 15.0. The van der Waals surface area contributed by atoms with Crippen LogP contribution >= 0.6 is 12.2 Å². The highest BCUT2D eigenvalue weighted by Crippen LogP contribution is 2.14. The zero-order valence-electron chi connectivity index (χ0n) is 11.5. The van der Waals surface area contributed by atoms with E-state index in [9.17, 15) is 8.42 Å². The molecule has 0 atom stereocenters. The Morgan fingerprint density at radius 2 is 2.05 bits per heavy atom.